The van der Waals surface area contributed by atoms with Gasteiger partial charge in [-0.15, -0.1) is 0 Å². The second-order valence-electron chi connectivity index (χ2n) is 8.61. The van der Waals surface area contributed by atoms with Gasteiger partial charge in [0.15, 0.2) is 0 Å². The zero-order valence-corrected chi connectivity index (χ0v) is 15.4. The quantitative estimate of drug-likeness (QED) is 0.860. The number of nitrogens with zero attached hydrogens (tertiary/aromatic N) is 5. The third kappa shape index (κ3) is 3.60. The molecular weight excluding hydrogens is 318 g/mol. The van der Waals surface area contributed by atoms with E-state index in [-0.39, 0.29) is 17.7 Å². The maximum Gasteiger partial charge on any atom is 0.137 e. The van der Waals surface area contributed by atoms with Gasteiger partial charge in [0.1, 0.15) is 12.7 Å². The maximum atomic E-state index is 10.6. The highest BCUT2D eigenvalue weighted by Gasteiger charge is 2.44. The lowest BCUT2D eigenvalue weighted by Gasteiger charge is -2.43. The van der Waals surface area contributed by atoms with Crippen molar-refractivity contribution in [1.82, 2.24) is 24.6 Å². The van der Waals surface area contributed by atoms with Gasteiger partial charge in [-0.05, 0) is 38.5 Å². The number of fused-ring (bicyclic) bond motifs is 1. The number of aliphatic hydroxyl groups is 1. The summed E-state index contributed by atoms with van der Waals surface area (Å²) in [6, 6.07) is 0.0796. The standard InChI is InChI=1S/C18H31N5O2/c1-18(2,22-3-5-25-6-4-22)11-21-9-14-7-16(23-13-19-12-20-23)17(24)8-15(14)10-21/h12-17,24H,3-11H2,1-2H3/t14-,15+,16-,17-/m1/s1. The highest BCUT2D eigenvalue weighted by Crippen LogP contribution is 2.41. The van der Waals surface area contributed by atoms with Crippen LogP contribution in [0.1, 0.15) is 32.7 Å². The summed E-state index contributed by atoms with van der Waals surface area (Å²) in [4.78, 5) is 9.22. The Bertz CT molecular complexity index is 558. The van der Waals surface area contributed by atoms with Crippen molar-refractivity contribution in [3.05, 3.63) is 12.7 Å². The van der Waals surface area contributed by atoms with Crippen LogP contribution in [0, 0.1) is 11.8 Å². The van der Waals surface area contributed by atoms with Crippen molar-refractivity contribution in [2.75, 3.05) is 45.9 Å². The van der Waals surface area contributed by atoms with Gasteiger partial charge in [0.2, 0.25) is 0 Å². The molecule has 1 aliphatic carbocycles. The Kier molecular flexibility index (Phi) is 4.83. The molecule has 3 fully saturated rings. The van der Waals surface area contributed by atoms with Crippen LogP contribution >= 0.6 is 0 Å². The van der Waals surface area contributed by atoms with Crippen LogP contribution < -0.4 is 0 Å². The van der Waals surface area contributed by atoms with Gasteiger partial charge in [-0.3, -0.25) is 4.90 Å². The van der Waals surface area contributed by atoms with Crippen LogP contribution in [0.4, 0.5) is 0 Å². The molecular formula is C18H31N5O2. The lowest BCUT2D eigenvalue weighted by atomic mass is 9.77. The molecule has 1 aromatic heterocycles. The number of aliphatic hydroxyl groups excluding tert-OH is 1. The first-order valence-corrected chi connectivity index (χ1v) is 9.60. The molecule has 7 nitrogen and oxygen atoms in total. The second-order valence-corrected chi connectivity index (χ2v) is 8.61. The SMILES string of the molecule is CC(C)(CN1C[C@H]2C[C@@H](n3cncn3)[C@H](O)C[C@H]2C1)N1CCOCC1. The van der Waals surface area contributed by atoms with Gasteiger partial charge in [-0.2, -0.15) is 5.10 Å². The van der Waals surface area contributed by atoms with Gasteiger partial charge in [-0.1, -0.05) is 0 Å². The highest BCUT2D eigenvalue weighted by atomic mass is 16.5. The number of aromatic nitrogens is 3. The first kappa shape index (κ1) is 17.4. The largest absolute Gasteiger partial charge is 0.391 e. The Morgan fingerprint density at radius 1 is 1.16 bits per heavy atom. The number of hydrogen-bond donors (Lipinski definition) is 1. The smallest absolute Gasteiger partial charge is 0.137 e. The molecule has 4 atom stereocenters. The summed E-state index contributed by atoms with van der Waals surface area (Å²) in [6.45, 7) is 11.8. The molecule has 140 valence electrons. The minimum Gasteiger partial charge on any atom is -0.391 e. The van der Waals surface area contributed by atoms with Crippen LogP contribution in [0.15, 0.2) is 12.7 Å². The molecule has 0 amide bonds. The third-order valence-electron chi connectivity index (χ3n) is 6.44. The summed E-state index contributed by atoms with van der Waals surface area (Å²) >= 11 is 0. The molecule has 0 radical (unpaired) electrons. The van der Waals surface area contributed by atoms with Crippen molar-refractivity contribution < 1.29 is 9.84 Å². The van der Waals surface area contributed by atoms with E-state index in [9.17, 15) is 5.11 Å². The van der Waals surface area contributed by atoms with Crippen LogP contribution in [0.25, 0.3) is 0 Å². The average molecular weight is 349 g/mol. The van der Waals surface area contributed by atoms with Gasteiger partial charge in [-0.25, -0.2) is 9.67 Å². The van der Waals surface area contributed by atoms with Crippen LogP contribution in [-0.4, -0.2) is 87.3 Å². The molecule has 1 saturated carbocycles. The summed E-state index contributed by atoms with van der Waals surface area (Å²) < 4.78 is 7.35. The van der Waals surface area contributed by atoms with Crippen molar-refractivity contribution in [2.45, 2.75) is 44.4 Å². The van der Waals surface area contributed by atoms with E-state index < -0.39 is 0 Å². The van der Waals surface area contributed by atoms with Crippen molar-refractivity contribution in [3.8, 4) is 0 Å². The highest BCUT2D eigenvalue weighted by molar-refractivity contribution is 4.97. The molecule has 3 aliphatic rings. The lowest BCUT2D eigenvalue weighted by Crippen LogP contribution is -2.55. The van der Waals surface area contributed by atoms with Gasteiger partial charge in [0, 0.05) is 38.3 Å². The van der Waals surface area contributed by atoms with E-state index in [4.69, 9.17) is 4.74 Å². The molecule has 1 aromatic rings. The van der Waals surface area contributed by atoms with E-state index in [0.29, 0.717) is 11.8 Å². The first-order chi connectivity index (χ1) is 12.0. The molecule has 7 heteroatoms. The number of likely N-dealkylation sites (tertiary alicyclic amines) is 1. The van der Waals surface area contributed by atoms with E-state index in [1.807, 2.05) is 4.68 Å². The first-order valence-electron chi connectivity index (χ1n) is 9.60. The Balaban J connectivity index is 1.37. The van der Waals surface area contributed by atoms with Gasteiger partial charge in [0.05, 0.1) is 25.4 Å². The summed E-state index contributed by atoms with van der Waals surface area (Å²) in [5.74, 6) is 1.26. The van der Waals surface area contributed by atoms with Crippen LogP contribution in [0.3, 0.4) is 0 Å². The molecule has 2 saturated heterocycles. The third-order valence-corrected chi connectivity index (χ3v) is 6.44. The minimum absolute atomic E-state index is 0.0796. The molecule has 3 heterocycles. The molecule has 4 rings (SSSR count). The second kappa shape index (κ2) is 6.95. The Morgan fingerprint density at radius 3 is 2.56 bits per heavy atom. The van der Waals surface area contributed by atoms with Crippen molar-refractivity contribution in [1.29, 1.82) is 0 Å². The molecule has 0 spiro atoms. The van der Waals surface area contributed by atoms with E-state index >= 15 is 0 Å². The van der Waals surface area contributed by atoms with E-state index in [1.165, 1.54) is 0 Å². The molecule has 0 unspecified atom stereocenters. The van der Waals surface area contributed by atoms with Crippen molar-refractivity contribution in [3.63, 3.8) is 0 Å². The van der Waals surface area contributed by atoms with Gasteiger partial charge in [0.25, 0.3) is 0 Å². The summed E-state index contributed by atoms with van der Waals surface area (Å²) in [7, 11) is 0. The zero-order valence-electron chi connectivity index (χ0n) is 15.4. The van der Waals surface area contributed by atoms with E-state index in [0.717, 1.165) is 58.8 Å². The van der Waals surface area contributed by atoms with Crippen molar-refractivity contribution >= 4 is 0 Å². The van der Waals surface area contributed by atoms with Crippen LogP contribution in [0.5, 0.6) is 0 Å². The van der Waals surface area contributed by atoms with E-state index in [1.54, 1.807) is 12.7 Å². The summed E-state index contributed by atoms with van der Waals surface area (Å²) in [6.07, 6.45) is 4.87. The number of hydrogen-bond acceptors (Lipinski definition) is 6. The fourth-order valence-electron chi connectivity index (χ4n) is 5.12. The van der Waals surface area contributed by atoms with Crippen LogP contribution in [0.2, 0.25) is 0 Å². The molecule has 2 aliphatic heterocycles. The molecule has 0 aromatic carbocycles. The normalized spacial score (nSPS) is 35.0. The fraction of sp³-hybridized carbons (Fsp3) is 0.889. The maximum absolute atomic E-state index is 10.6. The summed E-state index contributed by atoms with van der Waals surface area (Å²) in [5, 5.41) is 14.8. The van der Waals surface area contributed by atoms with Gasteiger partial charge >= 0.3 is 0 Å². The van der Waals surface area contributed by atoms with E-state index in [2.05, 4.69) is 33.7 Å². The van der Waals surface area contributed by atoms with Gasteiger partial charge < -0.3 is 14.7 Å². The Labute approximate surface area is 150 Å². The lowest BCUT2D eigenvalue weighted by molar-refractivity contribution is -0.0201. The number of ether oxygens (including phenoxy) is 1. The zero-order chi connectivity index (χ0) is 17.4. The Morgan fingerprint density at radius 2 is 1.88 bits per heavy atom. The monoisotopic (exact) mass is 349 g/mol. The average Bonchev–Trinajstić information content (AvgIpc) is 3.23. The Hall–Kier alpha value is -1.02. The molecule has 0 bridgehead atoms. The predicted molar refractivity (Wildman–Crippen MR) is 94.2 cm³/mol. The summed E-state index contributed by atoms with van der Waals surface area (Å²) in [5.41, 5.74) is 0.168. The minimum atomic E-state index is -0.310. The topological polar surface area (TPSA) is 66.7 Å². The number of rotatable bonds is 4. The van der Waals surface area contributed by atoms with Crippen molar-refractivity contribution in [2.24, 2.45) is 11.8 Å². The molecule has 25 heavy (non-hydrogen) atoms. The fourth-order valence-corrected chi connectivity index (χ4v) is 5.12. The molecule has 1 N–H and O–H groups in total. The van der Waals surface area contributed by atoms with Crippen LogP contribution in [-0.2, 0) is 4.74 Å². The predicted octanol–water partition coefficient (Wildman–Crippen LogP) is 0.633. The number of morpholine rings is 1.